The number of fused-ring (bicyclic) bond motifs is 2. The number of nitrogens with zero attached hydrogens (tertiary/aromatic N) is 2. The van der Waals surface area contributed by atoms with E-state index < -0.39 is 0 Å². The predicted molar refractivity (Wildman–Crippen MR) is 123 cm³/mol. The van der Waals surface area contributed by atoms with Crippen LogP contribution in [0.5, 0.6) is 11.5 Å². The zero-order valence-electron chi connectivity index (χ0n) is 18.4. The Morgan fingerprint density at radius 1 is 1.28 bits per heavy atom. The normalized spacial score (nSPS) is 17.1. The summed E-state index contributed by atoms with van der Waals surface area (Å²) in [6.07, 6.45) is 3.51. The molecule has 1 fully saturated rings. The molecule has 5 rings (SSSR count). The molecule has 1 unspecified atom stereocenters. The van der Waals surface area contributed by atoms with E-state index in [4.69, 9.17) is 14.5 Å². The summed E-state index contributed by atoms with van der Waals surface area (Å²) in [5.74, 6) is 1.95. The molecule has 1 aliphatic heterocycles. The highest BCUT2D eigenvalue weighted by Gasteiger charge is 2.28. The molecule has 32 heavy (non-hydrogen) atoms. The minimum absolute atomic E-state index is 0.0166. The third-order valence-corrected chi connectivity index (χ3v) is 5.94. The largest absolute Gasteiger partial charge is 0.492 e. The molecule has 1 aliphatic carbocycles. The van der Waals surface area contributed by atoms with Crippen LogP contribution >= 0.6 is 0 Å². The van der Waals surface area contributed by atoms with E-state index in [1.54, 1.807) is 4.57 Å². The Kier molecular flexibility index (Phi) is 5.33. The lowest BCUT2D eigenvalue weighted by Crippen LogP contribution is -2.25. The van der Waals surface area contributed by atoms with Gasteiger partial charge in [-0.2, -0.15) is 0 Å². The molecule has 7 nitrogen and oxygen atoms in total. The number of para-hydroxylation sites is 1. The molecule has 1 aromatic heterocycles. The van der Waals surface area contributed by atoms with Gasteiger partial charge in [0.15, 0.2) is 0 Å². The number of hydrogen-bond donors (Lipinski definition) is 1. The van der Waals surface area contributed by atoms with Crippen LogP contribution < -0.4 is 20.3 Å². The van der Waals surface area contributed by atoms with E-state index in [1.165, 1.54) is 0 Å². The van der Waals surface area contributed by atoms with Gasteiger partial charge >= 0.3 is 0 Å². The van der Waals surface area contributed by atoms with Gasteiger partial charge in [0, 0.05) is 36.9 Å². The number of ether oxygens (including phenoxy) is 2. The fraction of sp³-hybridized carbons (Fsp3) is 0.400. The lowest BCUT2D eigenvalue weighted by atomic mass is 10.1. The topological polar surface area (TPSA) is 82.5 Å². The monoisotopic (exact) mass is 433 g/mol. The summed E-state index contributed by atoms with van der Waals surface area (Å²) in [7, 11) is 0. The van der Waals surface area contributed by atoms with Crippen molar-refractivity contribution in [2.45, 2.75) is 58.1 Å². The highest BCUT2D eigenvalue weighted by atomic mass is 16.5. The van der Waals surface area contributed by atoms with E-state index in [9.17, 15) is 9.59 Å². The molecule has 0 spiro atoms. The fourth-order valence-corrected chi connectivity index (χ4v) is 4.33. The Morgan fingerprint density at radius 2 is 2.09 bits per heavy atom. The lowest BCUT2D eigenvalue weighted by Gasteiger charge is -2.15. The maximum Gasteiger partial charge on any atom is 0.261 e. The van der Waals surface area contributed by atoms with Crippen molar-refractivity contribution in [1.29, 1.82) is 0 Å². The summed E-state index contributed by atoms with van der Waals surface area (Å²) >= 11 is 0. The van der Waals surface area contributed by atoms with Crippen molar-refractivity contribution < 1.29 is 14.3 Å². The van der Waals surface area contributed by atoms with Crippen molar-refractivity contribution in [1.82, 2.24) is 9.55 Å². The third kappa shape index (κ3) is 3.95. The molecule has 1 N–H and O–H groups in total. The highest BCUT2D eigenvalue weighted by Crippen LogP contribution is 2.38. The molecule has 1 atom stereocenters. The average Bonchev–Trinajstić information content (AvgIpc) is 3.54. The number of aromatic nitrogens is 2. The van der Waals surface area contributed by atoms with Crippen LogP contribution in [-0.2, 0) is 17.6 Å². The molecule has 2 aliphatic rings. The Balaban J connectivity index is 1.36. The van der Waals surface area contributed by atoms with Crippen molar-refractivity contribution >= 4 is 22.5 Å². The number of rotatable bonds is 7. The van der Waals surface area contributed by atoms with Crippen LogP contribution in [0.25, 0.3) is 10.9 Å². The Morgan fingerprint density at radius 3 is 2.88 bits per heavy atom. The third-order valence-electron chi connectivity index (χ3n) is 5.94. The van der Waals surface area contributed by atoms with Crippen molar-refractivity contribution in [2.24, 2.45) is 0 Å². The first-order valence-electron chi connectivity index (χ1n) is 11.3. The van der Waals surface area contributed by atoms with E-state index in [0.29, 0.717) is 41.2 Å². The van der Waals surface area contributed by atoms with E-state index in [0.717, 1.165) is 30.6 Å². The fourth-order valence-electron chi connectivity index (χ4n) is 4.33. The van der Waals surface area contributed by atoms with Gasteiger partial charge in [-0.3, -0.25) is 14.2 Å². The van der Waals surface area contributed by atoms with Crippen LogP contribution in [0.4, 0.5) is 5.69 Å². The summed E-state index contributed by atoms with van der Waals surface area (Å²) in [6, 6.07) is 11.4. The molecule has 2 heterocycles. The van der Waals surface area contributed by atoms with Gasteiger partial charge in [0.1, 0.15) is 23.4 Å². The number of benzene rings is 2. The van der Waals surface area contributed by atoms with Gasteiger partial charge < -0.3 is 14.8 Å². The Hall–Kier alpha value is -3.35. The highest BCUT2D eigenvalue weighted by molar-refractivity contribution is 5.93. The van der Waals surface area contributed by atoms with E-state index in [2.05, 4.69) is 5.32 Å². The summed E-state index contributed by atoms with van der Waals surface area (Å²) in [5, 5.41) is 3.59. The molecule has 0 saturated heterocycles. The van der Waals surface area contributed by atoms with Gasteiger partial charge in [0.05, 0.1) is 23.2 Å². The average molecular weight is 434 g/mol. The Bertz CT molecular complexity index is 1250. The number of hydrogen-bond acceptors (Lipinski definition) is 5. The van der Waals surface area contributed by atoms with Gasteiger partial charge in [-0.15, -0.1) is 0 Å². The first-order valence-corrected chi connectivity index (χ1v) is 11.3. The van der Waals surface area contributed by atoms with Crippen molar-refractivity contribution in [2.75, 3.05) is 11.9 Å². The number of carbonyl (C=O) groups is 1. The first-order chi connectivity index (χ1) is 15.5. The quantitative estimate of drug-likeness (QED) is 0.608. The predicted octanol–water partition coefficient (Wildman–Crippen LogP) is 4.02. The second-order valence-corrected chi connectivity index (χ2v) is 8.52. The van der Waals surface area contributed by atoms with Gasteiger partial charge in [-0.05, 0) is 44.9 Å². The Labute approximate surface area is 186 Å². The van der Waals surface area contributed by atoms with Crippen LogP contribution in [0, 0.1) is 0 Å². The van der Waals surface area contributed by atoms with Crippen LogP contribution in [0.2, 0.25) is 0 Å². The summed E-state index contributed by atoms with van der Waals surface area (Å²) < 4.78 is 13.4. The molecular weight excluding hydrogens is 406 g/mol. The molecule has 2 aromatic carbocycles. The maximum absolute atomic E-state index is 13.0. The number of nitrogens with one attached hydrogen (secondary N) is 1. The standard InChI is InChI=1S/C25H27N3O4/c1-3-31-22-13-16-12-15(2)32-21(16)14-20(22)27-24(29)11-10-23-26-19-7-5-4-6-18(19)25(30)28(23)17-8-9-17/h4-7,13-15,17H,3,8-12H2,1-2H3,(H,27,29). The summed E-state index contributed by atoms with van der Waals surface area (Å²) in [4.78, 5) is 30.6. The maximum atomic E-state index is 13.0. The minimum Gasteiger partial charge on any atom is -0.492 e. The molecular formula is C25H27N3O4. The smallest absolute Gasteiger partial charge is 0.261 e. The number of carbonyl (C=O) groups excluding carboxylic acids is 1. The zero-order chi connectivity index (χ0) is 22.2. The van der Waals surface area contributed by atoms with Gasteiger partial charge in [-0.25, -0.2) is 4.98 Å². The minimum atomic E-state index is -0.151. The SMILES string of the molecule is CCOc1cc2c(cc1NC(=O)CCc1nc3ccccc3c(=O)n1C1CC1)OC(C)C2. The zero-order valence-corrected chi connectivity index (χ0v) is 18.4. The number of aryl methyl sites for hydroxylation is 1. The molecule has 1 saturated carbocycles. The second kappa shape index (κ2) is 8.30. The van der Waals surface area contributed by atoms with Crippen molar-refractivity contribution in [3.63, 3.8) is 0 Å². The van der Waals surface area contributed by atoms with Gasteiger partial charge in [0.25, 0.3) is 5.56 Å². The molecule has 166 valence electrons. The van der Waals surface area contributed by atoms with Crippen molar-refractivity contribution in [3.05, 3.63) is 58.1 Å². The lowest BCUT2D eigenvalue weighted by molar-refractivity contribution is -0.116. The summed E-state index contributed by atoms with van der Waals surface area (Å²) in [6.45, 7) is 4.45. The second-order valence-electron chi connectivity index (χ2n) is 8.52. The number of anilines is 1. The van der Waals surface area contributed by atoms with Crippen LogP contribution in [-0.4, -0.2) is 28.2 Å². The van der Waals surface area contributed by atoms with Crippen LogP contribution in [0.3, 0.4) is 0 Å². The van der Waals surface area contributed by atoms with Crippen LogP contribution in [0.15, 0.2) is 41.2 Å². The van der Waals surface area contributed by atoms with E-state index >= 15 is 0 Å². The molecule has 3 aromatic rings. The van der Waals surface area contributed by atoms with Gasteiger partial charge in [-0.1, -0.05) is 12.1 Å². The first kappa shape index (κ1) is 20.5. The van der Waals surface area contributed by atoms with Crippen LogP contribution in [0.1, 0.15) is 50.5 Å². The van der Waals surface area contributed by atoms with E-state index in [1.807, 2.05) is 50.2 Å². The molecule has 1 amide bonds. The molecule has 0 bridgehead atoms. The van der Waals surface area contributed by atoms with Gasteiger partial charge in [0.2, 0.25) is 5.91 Å². The molecule has 0 radical (unpaired) electrons. The number of amides is 1. The van der Waals surface area contributed by atoms with E-state index in [-0.39, 0.29) is 30.0 Å². The van der Waals surface area contributed by atoms with Crippen molar-refractivity contribution in [3.8, 4) is 11.5 Å². The molecule has 7 heteroatoms. The summed E-state index contributed by atoms with van der Waals surface area (Å²) in [5.41, 5.74) is 2.36.